The second-order valence-electron chi connectivity index (χ2n) is 8.45. The van der Waals surface area contributed by atoms with Crippen LogP contribution in [0.5, 0.6) is 0 Å². The molecule has 0 bridgehead atoms. The van der Waals surface area contributed by atoms with E-state index in [-0.39, 0.29) is 18.0 Å². The number of hydrogen-bond donors (Lipinski definition) is 1. The molecule has 1 saturated heterocycles. The Bertz CT molecular complexity index is 1080. The third-order valence-electron chi connectivity index (χ3n) is 6.15. The van der Waals surface area contributed by atoms with E-state index in [2.05, 4.69) is 10.2 Å². The zero-order chi connectivity index (χ0) is 22.2. The Morgan fingerprint density at radius 2 is 1.90 bits per heavy atom. The van der Waals surface area contributed by atoms with E-state index in [4.69, 9.17) is 11.6 Å². The van der Waals surface area contributed by atoms with Crippen LogP contribution in [-0.2, 0) is 16.4 Å². The van der Waals surface area contributed by atoms with Gasteiger partial charge in [0.2, 0.25) is 10.0 Å². The minimum Gasteiger partial charge on any atom is -0.350 e. The standard InChI is InChI=1S/C23H28ClN3O3S/c1-16-13-18-14-17(9-10-21(18)27(16)31(2,29)30)23(28)25-15-22(26-11-5-6-12-26)19-7-3-4-8-20(19)24/h3-4,7-10,14,16,22H,5-6,11-13,15H2,1-2H3,(H,25,28). The van der Waals surface area contributed by atoms with Crippen LogP contribution in [0.4, 0.5) is 5.69 Å². The molecule has 166 valence electrons. The van der Waals surface area contributed by atoms with Gasteiger partial charge in [-0.05, 0) is 74.7 Å². The van der Waals surface area contributed by atoms with E-state index >= 15 is 0 Å². The molecule has 2 aliphatic heterocycles. The van der Waals surface area contributed by atoms with Crippen LogP contribution in [0.2, 0.25) is 5.02 Å². The summed E-state index contributed by atoms with van der Waals surface area (Å²) in [6.07, 6.45) is 4.11. The summed E-state index contributed by atoms with van der Waals surface area (Å²) in [6.45, 7) is 4.32. The van der Waals surface area contributed by atoms with Crippen molar-refractivity contribution in [2.24, 2.45) is 0 Å². The van der Waals surface area contributed by atoms with Crippen molar-refractivity contribution in [2.45, 2.75) is 38.3 Å². The lowest BCUT2D eigenvalue weighted by Crippen LogP contribution is -2.37. The molecule has 2 atom stereocenters. The molecular weight excluding hydrogens is 434 g/mol. The summed E-state index contributed by atoms with van der Waals surface area (Å²) in [4.78, 5) is 15.3. The molecule has 1 N–H and O–H groups in total. The molecule has 2 aromatic carbocycles. The molecule has 1 fully saturated rings. The van der Waals surface area contributed by atoms with Crippen LogP contribution in [0, 0.1) is 0 Å². The smallest absolute Gasteiger partial charge is 0.251 e. The number of nitrogens with one attached hydrogen (secondary N) is 1. The Balaban J connectivity index is 1.51. The number of carbonyl (C=O) groups excluding carboxylic acids is 1. The maximum absolute atomic E-state index is 12.9. The molecule has 6 nitrogen and oxygen atoms in total. The lowest BCUT2D eigenvalue weighted by Gasteiger charge is -2.29. The molecule has 2 unspecified atom stereocenters. The number of sulfonamides is 1. The Hall–Kier alpha value is -2.09. The van der Waals surface area contributed by atoms with Gasteiger partial charge < -0.3 is 5.32 Å². The van der Waals surface area contributed by atoms with Gasteiger partial charge in [-0.15, -0.1) is 0 Å². The molecule has 0 aromatic heterocycles. The molecule has 4 rings (SSSR count). The van der Waals surface area contributed by atoms with Crippen molar-refractivity contribution in [3.8, 4) is 0 Å². The van der Waals surface area contributed by atoms with Gasteiger partial charge in [-0.2, -0.15) is 0 Å². The fraction of sp³-hybridized carbons (Fsp3) is 0.435. The highest BCUT2D eigenvalue weighted by atomic mass is 35.5. The Morgan fingerprint density at radius 3 is 2.58 bits per heavy atom. The van der Waals surface area contributed by atoms with Gasteiger partial charge >= 0.3 is 0 Å². The highest BCUT2D eigenvalue weighted by Gasteiger charge is 2.33. The van der Waals surface area contributed by atoms with Crippen LogP contribution in [0.25, 0.3) is 0 Å². The van der Waals surface area contributed by atoms with E-state index in [9.17, 15) is 13.2 Å². The minimum absolute atomic E-state index is 0.0234. The van der Waals surface area contributed by atoms with Crippen LogP contribution in [0.3, 0.4) is 0 Å². The zero-order valence-corrected chi connectivity index (χ0v) is 19.4. The second-order valence-corrected chi connectivity index (χ2v) is 10.7. The molecule has 2 aliphatic rings. The number of anilines is 1. The van der Waals surface area contributed by atoms with E-state index in [1.165, 1.54) is 10.6 Å². The maximum Gasteiger partial charge on any atom is 0.251 e. The summed E-state index contributed by atoms with van der Waals surface area (Å²) in [5.41, 5.74) is 3.11. The largest absolute Gasteiger partial charge is 0.350 e. The Labute approximate surface area is 189 Å². The first-order valence-corrected chi connectivity index (χ1v) is 12.9. The van der Waals surface area contributed by atoms with Crippen LogP contribution >= 0.6 is 11.6 Å². The molecule has 1 amide bonds. The van der Waals surface area contributed by atoms with E-state index in [1.807, 2.05) is 37.3 Å². The third kappa shape index (κ3) is 4.59. The number of benzene rings is 2. The number of carbonyl (C=O) groups is 1. The maximum atomic E-state index is 12.9. The SMILES string of the molecule is CC1Cc2cc(C(=O)NCC(c3ccccc3Cl)N3CCCC3)ccc2N1S(C)(=O)=O. The van der Waals surface area contributed by atoms with Crippen molar-refractivity contribution in [2.75, 3.05) is 30.2 Å². The summed E-state index contributed by atoms with van der Waals surface area (Å²) >= 11 is 6.46. The lowest BCUT2D eigenvalue weighted by atomic mass is 10.0. The topological polar surface area (TPSA) is 69.7 Å². The van der Waals surface area contributed by atoms with Gasteiger partial charge in [-0.1, -0.05) is 29.8 Å². The van der Waals surface area contributed by atoms with E-state index in [1.54, 1.807) is 12.1 Å². The molecular formula is C23H28ClN3O3S. The number of hydrogen-bond acceptors (Lipinski definition) is 4. The zero-order valence-electron chi connectivity index (χ0n) is 17.8. The molecule has 31 heavy (non-hydrogen) atoms. The first-order chi connectivity index (χ1) is 14.8. The van der Waals surface area contributed by atoms with Crippen LogP contribution < -0.4 is 9.62 Å². The molecule has 2 aromatic rings. The number of fused-ring (bicyclic) bond motifs is 1. The van der Waals surface area contributed by atoms with Gasteiger partial charge in [0.1, 0.15) is 0 Å². The van der Waals surface area contributed by atoms with Crippen molar-refractivity contribution >= 4 is 33.2 Å². The Kier molecular flexibility index (Phi) is 6.28. The number of halogens is 1. The average molecular weight is 462 g/mol. The Morgan fingerprint density at radius 1 is 1.19 bits per heavy atom. The second kappa shape index (κ2) is 8.81. The van der Waals surface area contributed by atoms with Crippen LogP contribution in [0.15, 0.2) is 42.5 Å². The highest BCUT2D eigenvalue weighted by molar-refractivity contribution is 7.92. The predicted molar refractivity (Wildman–Crippen MR) is 124 cm³/mol. The highest BCUT2D eigenvalue weighted by Crippen LogP contribution is 2.35. The monoisotopic (exact) mass is 461 g/mol. The molecule has 0 radical (unpaired) electrons. The van der Waals surface area contributed by atoms with Gasteiger partial charge in [-0.25, -0.2) is 8.42 Å². The average Bonchev–Trinajstić information content (AvgIpc) is 3.35. The van der Waals surface area contributed by atoms with Crippen molar-refractivity contribution in [3.63, 3.8) is 0 Å². The molecule has 8 heteroatoms. The van der Waals surface area contributed by atoms with Crippen LogP contribution in [-0.4, -0.2) is 51.2 Å². The van der Waals surface area contributed by atoms with Crippen molar-refractivity contribution in [1.29, 1.82) is 0 Å². The number of nitrogens with zero attached hydrogens (tertiary/aromatic N) is 2. The van der Waals surface area contributed by atoms with Crippen LogP contribution in [0.1, 0.15) is 47.3 Å². The third-order valence-corrected chi connectivity index (χ3v) is 7.77. The van der Waals surface area contributed by atoms with E-state index < -0.39 is 10.0 Å². The molecule has 0 saturated carbocycles. The fourth-order valence-corrected chi connectivity index (χ4v) is 6.30. The normalized spacial score (nSPS) is 20.0. The summed E-state index contributed by atoms with van der Waals surface area (Å²) in [5.74, 6) is -0.162. The predicted octanol–water partition coefficient (Wildman–Crippen LogP) is 3.62. The number of rotatable bonds is 6. The molecule has 0 aliphatic carbocycles. The van der Waals surface area contributed by atoms with Crippen molar-refractivity contribution in [3.05, 3.63) is 64.2 Å². The van der Waals surface area contributed by atoms with E-state index in [0.29, 0.717) is 29.2 Å². The summed E-state index contributed by atoms with van der Waals surface area (Å²) < 4.78 is 25.7. The lowest BCUT2D eigenvalue weighted by molar-refractivity contribution is 0.0938. The summed E-state index contributed by atoms with van der Waals surface area (Å²) in [5, 5.41) is 3.78. The van der Waals surface area contributed by atoms with E-state index in [0.717, 1.165) is 37.1 Å². The molecule has 2 heterocycles. The van der Waals surface area contributed by atoms with Crippen molar-refractivity contribution in [1.82, 2.24) is 10.2 Å². The van der Waals surface area contributed by atoms with Gasteiger partial charge in [0, 0.05) is 23.2 Å². The minimum atomic E-state index is -3.35. The quantitative estimate of drug-likeness (QED) is 0.713. The first kappa shape index (κ1) is 22.1. The number of amides is 1. The van der Waals surface area contributed by atoms with Gasteiger partial charge in [0.25, 0.3) is 5.91 Å². The van der Waals surface area contributed by atoms with Gasteiger partial charge in [0.05, 0.1) is 18.0 Å². The van der Waals surface area contributed by atoms with Crippen molar-refractivity contribution < 1.29 is 13.2 Å². The number of likely N-dealkylation sites (tertiary alicyclic amines) is 1. The summed E-state index contributed by atoms with van der Waals surface area (Å²) in [6, 6.07) is 12.9. The van der Waals surface area contributed by atoms with Gasteiger partial charge in [-0.3, -0.25) is 14.0 Å². The summed E-state index contributed by atoms with van der Waals surface area (Å²) in [7, 11) is -3.35. The fourth-order valence-electron chi connectivity index (χ4n) is 4.78. The first-order valence-electron chi connectivity index (χ1n) is 10.6. The molecule has 0 spiro atoms. The van der Waals surface area contributed by atoms with Gasteiger partial charge in [0.15, 0.2) is 0 Å².